The molecule has 1 aliphatic heterocycles. The summed E-state index contributed by atoms with van der Waals surface area (Å²) >= 11 is 5.90. The molecule has 3 N–H and O–H groups in total. The van der Waals surface area contributed by atoms with Crippen LogP contribution in [0.1, 0.15) is 0 Å². The molecule has 36 heavy (non-hydrogen) atoms. The maximum atomic E-state index is 12.5. The maximum absolute atomic E-state index is 12.5. The first-order valence-corrected chi connectivity index (χ1v) is 12.0. The van der Waals surface area contributed by atoms with E-state index in [0.29, 0.717) is 28.8 Å². The van der Waals surface area contributed by atoms with Crippen LogP contribution in [0.3, 0.4) is 0 Å². The van der Waals surface area contributed by atoms with Crippen molar-refractivity contribution < 1.29 is 19.4 Å². The number of benzene rings is 2. The highest BCUT2D eigenvalue weighted by atomic mass is 35.5. The van der Waals surface area contributed by atoms with Gasteiger partial charge in [-0.1, -0.05) is 11.6 Å². The number of hydrogen-bond donors (Lipinski definition) is 3. The normalized spacial score (nSPS) is 14.4. The van der Waals surface area contributed by atoms with Gasteiger partial charge in [0.05, 0.1) is 12.2 Å². The molecular formula is C25H29ClN6O4. The van der Waals surface area contributed by atoms with Crippen LogP contribution in [0.25, 0.3) is 11.3 Å². The number of amides is 2. The van der Waals surface area contributed by atoms with Crippen LogP contribution >= 0.6 is 11.6 Å². The summed E-state index contributed by atoms with van der Waals surface area (Å²) in [5.74, 6) is -0.110. The summed E-state index contributed by atoms with van der Waals surface area (Å²) in [6.07, 6.45) is 1.71. The molecule has 2 heterocycles. The van der Waals surface area contributed by atoms with Gasteiger partial charge < -0.3 is 20.5 Å². The Morgan fingerprint density at radius 1 is 1.00 bits per heavy atom. The molecule has 0 unspecified atom stereocenters. The largest absolute Gasteiger partial charge is 0.492 e. The van der Waals surface area contributed by atoms with Crippen LogP contribution in [0.4, 0.5) is 16.2 Å². The lowest BCUT2D eigenvalue weighted by molar-refractivity contribution is -0.138. The maximum Gasteiger partial charge on any atom is 0.323 e. The number of aliphatic carboxylic acids is 1. The molecule has 0 saturated carbocycles. The number of carboxylic acids is 1. The number of carbonyl (C=O) groups excluding carboxylic acids is 1. The van der Waals surface area contributed by atoms with Gasteiger partial charge in [0.15, 0.2) is 0 Å². The van der Waals surface area contributed by atoms with E-state index in [4.69, 9.17) is 21.4 Å². The molecule has 3 aromatic rings. The SMILES string of the molecule is Cn1nccc1-c1cc(NC(=O)Nc2ccc(Cl)cc2)ccc1OCCN1CCN(CC(=O)O)CC1. The highest BCUT2D eigenvalue weighted by molar-refractivity contribution is 6.30. The van der Waals surface area contributed by atoms with Crippen LogP contribution in [0, 0.1) is 0 Å². The fourth-order valence-electron chi connectivity index (χ4n) is 4.05. The molecule has 11 heteroatoms. The van der Waals surface area contributed by atoms with Gasteiger partial charge in [-0.05, 0) is 48.5 Å². The van der Waals surface area contributed by atoms with Crippen molar-refractivity contribution in [3.8, 4) is 17.0 Å². The number of rotatable bonds is 9. The number of aryl methyl sites for hydroxylation is 1. The molecule has 10 nitrogen and oxygen atoms in total. The van der Waals surface area contributed by atoms with Gasteiger partial charge in [0.2, 0.25) is 0 Å². The molecular weight excluding hydrogens is 484 g/mol. The van der Waals surface area contributed by atoms with Crippen molar-refractivity contribution in [1.29, 1.82) is 0 Å². The Morgan fingerprint density at radius 2 is 1.67 bits per heavy atom. The van der Waals surface area contributed by atoms with Crippen LogP contribution in [-0.4, -0.2) is 82.6 Å². The van der Waals surface area contributed by atoms with Crippen LogP contribution in [0.15, 0.2) is 54.7 Å². The average molecular weight is 513 g/mol. The monoisotopic (exact) mass is 512 g/mol. The topological polar surface area (TPSA) is 112 Å². The number of piperazine rings is 1. The second kappa shape index (κ2) is 11.9. The number of hydrogen-bond acceptors (Lipinski definition) is 6. The summed E-state index contributed by atoms with van der Waals surface area (Å²) in [6.45, 7) is 4.35. The summed E-state index contributed by atoms with van der Waals surface area (Å²) in [4.78, 5) is 27.6. The summed E-state index contributed by atoms with van der Waals surface area (Å²) in [5, 5.41) is 19.5. The minimum Gasteiger partial charge on any atom is -0.492 e. The van der Waals surface area contributed by atoms with Crippen molar-refractivity contribution >= 4 is 35.0 Å². The van der Waals surface area contributed by atoms with Crippen molar-refractivity contribution in [1.82, 2.24) is 19.6 Å². The third-order valence-electron chi connectivity index (χ3n) is 5.93. The summed E-state index contributed by atoms with van der Waals surface area (Å²) in [5.41, 5.74) is 2.91. The molecule has 2 aromatic carbocycles. The second-order valence-corrected chi connectivity index (χ2v) is 8.93. The van der Waals surface area contributed by atoms with Crippen molar-refractivity contribution in [2.75, 3.05) is 56.5 Å². The average Bonchev–Trinajstić information content (AvgIpc) is 3.27. The summed E-state index contributed by atoms with van der Waals surface area (Å²) < 4.78 is 7.90. The lowest BCUT2D eigenvalue weighted by Gasteiger charge is -2.33. The zero-order chi connectivity index (χ0) is 25.5. The van der Waals surface area contributed by atoms with E-state index in [2.05, 4.69) is 20.6 Å². The molecule has 190 valence electrons. The highest BCUT2D eigenvalue weighted by Gasteiger charge is 2.19. The van der Waals surface area contributed by atoms with E-state index in [1.807, 2.05) is 30.1 Å². The van der Waals surface area contributed by atoms with Gasteiger partial charge in [-0.15, -0.1) is 0 Å². The first-order valence-electron chi connectivity index (χ1n) is 11.6. The zero-order valence-corrected chi connectivity index (χ0v) is 20.7. The number of anilines is 2. The number of halogens is 1. The summed E-state index contributed by atoms with van der Waals surface area (Å²) in [6, 6.07) is 13.9. The molecule has 1 aliphatic rings. The van der Waals surface area contributed by atoms with Crippen LogP contribution in [-0.2, 0) is 11.8 Å². The number of urea groups is 1. The Morgan fingerprint density at radius 3 is 2.33 bits per heavy atom. The first kappa shape index (κ1) is 25.5. The second-order valence-electron chi connectivity index (χ2n) is 8.50. The molecule has 2 amide bonds. The molecule has 0 aliphatic carbocycles. The minimum atomic E-state index is -0.796. The Bertz CT molecular complexity index is 1190. The Kier molecular flexibility index (Phi) is 8.42. The number of carbonyl (C=O) groups is 2. The number of carboxylic acid groups (broad SMARTS) is 1. The Labute approximate surface area is 214 Å². The zero-order valence-electron chi connectivity index (χ0n) is 20.0. The van der Waals surface area contributed by atoms with Crippen LogP contribution in [0.5, 0.6) is 5.75 Å². The van der Waals surface area contributed by atoms with Crippen molar-refractivity contribution in [2.45, 2.75) is 0 Å². The van der Waals surface area contributed by atoms with Gasteiger partial charge >= 0.3 is 12.0 Å². The number of aromatic nitrogens is 2. The molecule has 0 spiro atoms. The molecule has 1 saturated heterocycles. The van der Waals surface area contributed by atoms with Gasteiger partial charge in [-0.2, -0.15) is 5.10 Å². The highest BCUT2D eigenvalue weighted by Crippen LogP contribution is 2.32. The third kappa shape index (κ3) is 6.97. The first-order chi connectivity index (χ1) is 17.4. The summed E-state index contributed by atoms with van der Waals surface area (Å²) in [7, 11) is 1.85. The predicted octanol–water partition coefficient (Wildman–Crippen LogP) is 3.47. The smallest absolute Gasteiger partial charge is 0.323 e. The predicted molar refractivity (Wildman–Crippen MR) is 139 cm³/mol. The Balaban J connectivity index is 1.38. The fourth-order valence-corrected chi connectivity index (χ4v) is 4.17. The van der Waals surface area contributed by atoms with Gasteiger partial charge in [-0.25, -0.2) is 4.79 Å². The number of ether oxygens (including phenoxy) is 1. The van der Waals surface area contributed by atoms with Gasteiger partial charge in [0, 0.05) is 67.9 Å². The van der Waals surface area contributed by atoms with E-state index < -0.39 is 5.97 Å². The van der Waals surface area contributed by atoms with Gasteiger partial charge in [0.25, 0.3) is 0 Å². The van der Waals surface area contributed by atoms with Crippen LogP contribution in [0.2, 0.25) is 5.02 Å². The van der Waals surface area contributed by atoms with Crippen LogP contribution < -0.4 is 15.4 Å². The van der Waals surface area contributed by atoms with Crippen molar-refractivity contribution in [3.63, 3.8) is 0 Å². The molecule has 0 bridgehead atoms. The van der Waals surface area contributed by atoms with E-state index in [1.54, 1.807) is 41.2 Å². The lowest BCUT2D eigenvalue weighted by Crippen LogP contribution is -2.48. The minimum absolute atomic E-state index is 0.0799. The van der Waals surface area contributed by atoms with E-state index in [-0.39, 0.29) is 12.6 Å². The van der Waals surface area contributed by atoms with E-state index >= 15 is 0 Å². The van der Waals surface area contributed by atoms with E-state index in [1.165, 1.54) is 0 Å². The molecule has 0 radical (unpaired) electrons. The van der Waals surface area contributed by atoms with E-state index in [0.717, 1.165) is 44.0 Å². The fraction of sp³-hybridized carbons (Fsp3) is 0.320. The van der Waals surface area contributed by atoms with Crippen molar-refractivity contribution in [2.24, 2.45) is 7.05 Å². The number of nitrogens with one attached hydrogen (secondary N) is 2. The van der Waals surface area contributed by atoms with Gasteiger partial charge in [-0.3, -0.25) is 19.3 Å². The quantitative estimate of drug-likeness (QED) is 0.402. The molecule has 0 atom stereocenters. The Hall–Kier alpha value is -3.60. The van der Waals surface area contributed by atoms with E-state index in [9.17, 15) is 9.59 Å². The third-order valence-corrected chi connectivity index (χ3v) is 6.18. The lowest BCUT2D eigenvalue weighted by atomic mass is 10.1. The van der Waals surface area contributed by atoms with Crippen molar-refractivity contribution in [3.05, 3.63) is 59.8 Å². The molecule has 1 fully saturated rings. The van der Waals surface area contributed by atoms with Gasteiger partial charge in [0.1, 0.15) is 12.4 Å². The standard InChI is InChI=1S/C25H29ClN6O4/c1-30-22(8-9-27-30)21-16-20(29-25(35)28-19-4-2-18(26)3-5-19)6-7-23(21)36-15-14-31-10-12-32(13-11-31)17-24(33)34/h2-9,16H,10-15,17H2,1H3,(H,33,34)(H2,28,29,35). The number of nitrogens with zero attached hydrogens (tertiary/aromatic N) is 4. The molecule has 1 aromatic heterocycles. The molecule has 4 rings (SSSR count).